The highest BCUT2D eigenvalue weighted by atomic mass is 19.4. The summed E-state index contributed by atoms with van der Waals surface area (Å²) in [6.45, 7) is 0. The fourth-order valence-corrected chi connectivity index (χ4v) is 1.77. The number of hydrogen-bond donors (Lipinski definition) is 0. The van der Waals surface area contributed by atoms with E-state index in [0.717, 1.165) is 0 Å². The second kappa shape index (κ2) is 4.83. The number of halogens is 3. The molecule has 0 heterocycles. The largest absolute Gasteiger partial charge is 0.522 e. The summed E-state index contributed by atoms with van der Waals surface area (Å²) in [4.78, 5) is 11.1. The van der Waals surface area contributed by atoms with E-state index in [-0.39, 0.29) is 24.7 Å². The molecular formula is C9H13F3O3. The molecule has 3 nitrogen and oxygen atoms in total. The molecule has 1 saturated carbocycles. The van der Waals surface area contributed by atoms with Gasteiger partial charge in [0.25, 0.3) is 0 Å². The number of carbonyl (C=O) groups excluding carboxylic acids is 1. The Hall–Kier alpha value is -0.780. The number of alkyl halides is 3. The Morgan fingerprint density at radius 3 is 2.13 bits per heavy atom. The first-order valence-corrected chi connectivity index (χ1v) is 4.74. The van der Waals surface area contributed by atoms with E-state index in [4.69, 9.17) is 0 Å². The zero-order chi connectivity index (χ0) is 11.5. The van der Waals surface area contributed by atoms with Crippen molar-refractivity contribution in [2.45, 2.75) is 38.1 Å². The van der Waals surface area contributed by atoms with Gasteiger partial charge in [-0.25, -0.2) is 0 Å². The molecule has 0 spiro atoms. The predicted octanol–water partition coefficient (Wildman–Crippen LogP) is 2.25. The third-order valence-electron chi connectivity index (χ3n) is 2.51. The molecule has 0 saturated heterocycles. The number of esters is 1. The lowest BCUT2D eigenvalue weighted by atomic mass is 9.87. The highest BCUT2D eigenvalue weighted by molar-refractivity contribution is 5.72. The number of methoxy groups -OCH3 is 1. The van der Waals surface area contributed by atoms with Crippen LogP contribution in [0.15, 0.2) is 0 Å². The van der Waals surface area contributed by atoms with E-state index in [1.54, 1.807) is 0 Å². The standard InChI is InChI=1S/C9H13F3O3/c1-14-8(13)6-2-4-7(5-3-6)15-9(10,11)12/h6-7H,2-5H2,1H3. The smallest absolute Gasteiger partial charge is 0.469 e. The second-order valence-electron chi connectivity index (χ2n) is 3.56. The van der Waals surface area contributed by atoms with Gasteiger partial charge in [-0.1, -0.05) is 0 Å². The number of rotatable bonds is 2. The molecule has 0 N–H and O–H groups in total. The summed E-state index contributed by atoms with van der Waals surface area (Å²) in [7, 11) is 1.28. The summed E-state index contributed by atoms with van der Waals surface area (Å²) in [6.07, 6.45) is -4.10. The fraction of sp³-hybridized carbons (Fsp3) is 0.889. The van der Waals surface area contributed by atoms with Crippen LogP contribution < -0.4 is 0 Å². The van der Waals surface area contributed by atoms with Crippen molar-refractivity contribution in [1.29, 1.82) is 0 Å². The van der Waals surface area contributed by atoms with Crippen molar-refractivity contribution in [2.75, 3.05) is 7.11 Å². The first-order chi connectivity index (χ1) is 6.92. The Balaban J connectivity index is 2.33. The van der Waals surface area contributed by atoms with Crippen molar-refractivity contribution in [2.24, 2.45) is 5.92 Å². The molecule has 0 unspecified atom stereocenters. The lowest BCUT2D eigenvalue weighted by Crippen LogP contribution is -2.30. The van der Waals surface area contributed by atoms with Gasteiger partial charge in [0, 0.05) is 0 Å². The SMILES string of the molecule is COC(=O)C1CCC(OC(F)(F)F)CC1. The number of hydrogen-bond acceptors (Lipinski definition) is 3. The lowest BCUT2D eigenvalue weighted by Gasteiger charge is -2.27. The van der Waals surface area contributed by atoms with Crippen molar-refractivity contribution >= 4 is 5.97 Å². The number of carbonyl (C=O) groups is 1. The first kappa shape index (κ1) is 12.3. The fourth-order valence-electron chi connectivity index (χ4n) is 1.77. The van der Waals surface area contributed by atoms with Gasteiger partial charge in [-0.3, -0.25) is 9.53 Å². The van der Waals surface area contributed by atoms with Gasteiger partial charge < -0.3 is 4.74 Å². The van der Waals surface area contributed by atoms with Gasteiger partial charge in [-0.05, 0) is 25.7 Å². The molecule has 0 bridgehead atoms. The summed E-state index contributed by atoms with van der Waals surface area (Å²) in [6, 6.07) is 0. The Morgan fingerprint density at radius 1 is 1.20 bits per heavy atom. The molecule has 0 atom stereocenters. The van der Waals surface area contributed by atoms with Crippen molar-refractivity contribution in [1.82, 2.24) is 0 Å². The first-order valence-electron chi connectivity index (χ1n) is 4.74. The monoisotopic (exact) mass is 226 g/mol. The topological polar surface area (TPSA) is 35.5 Å². The van der Waals surface area contributed by atoms with E-state index in [1.165, 1.54) is 7.11 Å². The van der Waals surface area contributed by atoms with Crippen molar-refractivity contribution < 1.29 is 27.4 Å². The van der Waals surface area contributed by atoms with Crippen LogP contribution in [0.4, 0.5) is 13.2 Å². The van der Waals surface area contributed by atoms with Gasteiger partial charge in [0.05, 0.1) is 19.1 Å². The highest BCUT2D eigenvalue weighted by Crippen LogP contribution is 2.31. The zero-order valence-electron chi connectivity index (χ0n) is 8.34. The van der Waals surface area contributed by atoms with Crippen LogP contribution >= 0.6 is 0 Å². The van der Waals surface area contributed by atoms with Crippen LogP contribution in [0, 0.1) is 5.92 Å². The Kier molecular flexibility index (Phi) is 3.96. The minimum absolute atomic E-state index is 0.249. The Labute approximate surface area is 85.5 Å². The molecule has 1 aliphatic carbocycles. The van der Waals surface area contributed by atoms with Gasteiger partial charge in [0.1, 0.15) is 0 Å². The zero-order valence-corrected chi connectivity index (χ0v) is 8.34. The normalized spacial score (nSPS) is 27.5. The van der Waals surface area contributed by atoms with E-state index < -0.39 is 12.5 Å². The van der Waals surface area contributed by atoms with Gasteiger partial charge in [-0.2, -0.15) is 0 Å². The van der Waals surface area contributed by atoms with Crippen molar-refractivity contribution in [3.8, 4) is 0 Å². The molecule has 88 valence electrons. The van der Waals surface area contributed by atoms with Crippen LogP contribution in [0.25, 0.3) is 0 Å². The van der Waals surface area contributed by atoms with E-state index in [0.29, 0.717) is 12.8 Å². The second-order valence-corrected chi connectivity index (χ2v) is 3.56. The molecule has 0 aliphatic heterocycles. The quantitative estimate of drug-likeness (QED) is 0.677. The number of ether oxygens (including phenoxy) is 2. The average Bonchev–Trinajstić information content (AvgIpc) is 2.15. The summed E-state index contributed by atoms with van der Waals surface area (Å²) < 4.78 is 44.0. The van der Waals surface area contributed by atoms with Crippen LogP contribution in [0.3, 0.4) is 0 Å². The molecule has 0 aromatic rings. The van der Waals surface area contributed by atoms with Gasteiger partial charge >= 0.3 is 12.3 Å². The molecule has 0 aromatic heterocycles. The van der Waals surface area contributed by atoms with Crippen LogP contribution in [-0.2, 0) is 14.3 Å². The highest BCUT2D eigenvalue weighted by Gasteiger charge is 2.36. The molecule has 6 heteroatoms. The van der Waals surface area contributed by atoms with E-state index in [2.05, 4.69) is 9.47 Å². The molecule has 0 amide bonds. The maximum Gasteiger partial charge on any atom is 0.522 e. The van der Waals surface area contributed by atoms with Crippen molar-refractivity contribution in [3.63, 3.8) is 0 Å². The molecule has 1 rings (SSSR count). The summed E-state index contributed by atoms with van der Waals surface area (Å²) >= 11 is 0. The molecular weight excluding hydrogens is 213 g/mol. The molecule has 1 fully saturated rings. The lowest BCUT2D eigenvalue weighted by molar-refractivity contribution is -0.345. The summed E-state index contributed by atoms with van der Waals surface area (Å²) in [5.74, 6) is -0.622. The van der Waals surface area contributed by atoms with E-state index in [1.807, 2.05) is 0 Å². The van der Waals surface area contributed by atoms with Crippen molar-refractivity contribution in [3.05, 3.63) is 0 Å². The predicted molar refractivity (Wildman–Crippen MR) is 44.9 cm³/mol. The van der Waals surface area contributed by atoms with E-state index >= 15 is 0 Å². The van der Waals surface area contributed by atoms with E-state index in [9.17, 15) is 18.0 Å². The molecule has 1 aliphatic rings. The minimum Gasteiger partial charge on any atom is -0.469 e. The minimum atomic E-state index is -4.58. The average molecular weight is 226 g/mol. The van der Waals surface area contributed by atoms with Crippen LogP contribution in [0.1, 0.15) is 25.7 Å². The summed E-state index contributed by atoms with van der Waals surface area (Å²) in [5.41, 5.74) is 0. The molecule has 0 aromatic carbocycles. The van der Waals surface area contributed by atoms with Crippen LogP contribution in [-0.4, -0.2) is 25.5 Å². The van der Waals surface area contributed by atoms with Crippen LogP contribution in [0.5, 0.6) is 0 Å². The van der Waals surface area contributed by atoms with Gasteiger partial charge in [0.15, 0.2) is 0 Å². The van der Waals surface area contributed by atoms with Gasteiger partial charge in [-0.15, -0.1) is 13.2 Å². The maximum absolute atomic E-state index is 11.8. The third-order valence-corrected chi connectivity index (χ3v) is 2.51. The van der Waals surface area contributed by atoms with Gasteiger partial charge in [0.2, 0.25) is 0 Å². The Morgan fingerprint density at radius 2 is 1.73 bits per heavy atom. The molecule has 0 radical (unpaired) electrons. The maximum atomic E-state index is 11.8. The third kappa shape index (κ3) is 4.07. The summed E-state index contributed by atoms with van der Waals surface area (Å²) in [5, 5.41) is 0. The van der Waals surface area contributed by atoms with Crippen LogP contribution in [0.2, 0.25) is 0 Å². The Bertz CT molecular complexity index is 219. The molecule has 15 heavy (non-hydrogen) atoms.